The van der Waals surface area contributed by atoms with E-state index in [1.165, 1.54) is 0 Å². The van der Waals surface area contributed by atoms with E-state index >= 15 is 0 Å². The summed E-state index contributed by atoms with van der Waals surface area (Å²) in [7, 11) is 2.18. The fraction of sp³-hybridized carbons (Fsp3) is 0.714. The molecule has 1 aromatic rings. The van der Waals surface area contributed by atoms with Crippen molar-refractivity contribution in [1.29, 1.82) is 0 Å². The number of piperazine rings is 1. The van der Waals surface area contributed by atoms with Crippen LogP contribution in [0.2, 0.25) is 0 Å². The van der Waals surface area contributed by atoms with Crippen molar-refractivity contribution in [2.45, 2.75) is 19.9 Å². The molecule has 1 aliphatic heterocycles. The molecule has 0 saturated carbocycles. The van der Waals surface area contributed by atoms with E-state index in [4.69, 9.17) is 5.73 Å². The third-order valence-electron chi connectivity index (χ3n) is 3.96. The number of halogens is 1. The average molecular weight is 357 g/mol. The van der Waals surface area contributed by atoms with E-state index in [-0.39, 0.29) is 0 Å². The van der Waals surface area contributed by atoms with Crippen molar-refractivity contribution in [1.82, 2.24) is 19.8 Å². The van der Waals surface area contributed by atoms with Crippen LogP contribution in [-0.2, 0) is 0 Å². The quantitative estimate of drug-likeness (QED) is 0.779. The highest BCUT2D eigenvalue weighted by Gasteiger charge is 2.24. The lowest BCUT2D eigenvalue weighted by atomic mass is 10.0. The van der Waals surface area contributed by atoms with Crippen LogP contribution >= 0.6 is 15.9 Å². The maximum absolute atomic E-state index is 5.75. The second kappa shape index (κ2) is 7.38. The molecule has 1 aliphatic rings. The van der Waals surface area contributed by atoms with Crippen molar-refractivity contribution >= 4 is 27.7 Å². The summed E-state index contributed by atoms with van der Waals surface area (Å²) in [6.45, 7) is 9.84. The summed E-state index contributed by atoms with van der Waals surface area (Å²) in [5.41, 5.74) is 5.75. The largest absolute Gasteiger partial charge is 0.383 e. The van der Waals surface area contributed by atoms with E-state index < -0.39 is 0 Å². The molecule has 2 heterocycles. The molecule has 1 aromatic heterocycles. The van der Waals surface area contributed by atoms with Crippen LogP contribution in [0.25, 0.3) is 0 Å². The van der Waals surface area contributed by atoms with E-state index in [0.29, 0.717) is 28.3 Å². The van der Waals surface area contributed by atoms with Crippen molar-refractivity contribution in [3.8, 4) is 0 Å². The van der Waals surface area contributed by atoms with Gasteiger partial charge in [-0.25, -0.2) is 4.98 Å². The van der Waals surface area contributed by atoms with Gasteiger partial charge in [-0.2, -0.15) is 4.98 Å². The van der Waals surface area contributed by atoms with Gasteiger partial charge in [0.2, 0.25) is 5.95 Å². The number of likely N-dealkylation sites (N-methyl/N-ethyl adjacent to an activating group) is 1. The minimum atomic E-state index is 0.472. The van der Waals surface area contributed by atoms with Crippen molar-refractivity contribution < 1.29 is 0 Å². The van der Waals surface area contributed by atoms with Gasteiger partial charge in [-0.1, -0.05) is 13.8 Å². The van der Waals surface area contributed by atoms with Crippen LogP contribution < -0.4 is 11.1 Å². The number of hydrogen-bond acceptors (Lipinski definition) is 6. The zero-order chi connectivity index (χ0) is 15.4. The lowest BCUT2D eigenvalue weighted by molar-refractivity contribution is 0.0943. The van der Waals surface area contributed by atoms with E-state index in [1.807, 2.05) is 0 Å². The monoisotopic (exact) mass is 356 g/mol. The number of anilines is 2. The van der Waals surface area contributed by atoms with Gasteiger partial charge < -0.3 is 16.0 Å². The van der Waals surface area contributed by atoms with Gasteiger partial charge in [0, 0.05) is 44.8 Å². The molecule has 1 unspecified atom stereocenters. The molecule has 7 heteroatoms. The number of nitrogens with one attached hydrogen (secondary N) is 1. The van der Waals surface area contributed by atoms with Gasteiger partial charge in [0.1, 0.15) is 10.4 Å². The number of aromatic nitrogens is 2. The Morgan fingerprint density at radius 3 is 2.52 bits per heavy atom. The van der Waals surface area contributed by atoms with Gasteiger partial charge >= 0.3 is 0 Å². The molecule has 0 radical (unpaired) electrons. The standard InChI is InChI=1S/C14H25BrN6/c1-10(2)11(21-6-4-20(3)5-7-21)9-17-14-18-12(15)8-13(16)19-14/h8,10-11H,4-7,9H2,1-3H3,(H3,16,17,18,19). The van der Waals surface area contributed by atoms with Crippen molar-refractivity contribution in [2.75, 3.05) is 50.8 Å². The molecule has 2 rings (SSSR count). The highest BCUT2D eigenvalue weighted by Crippen LogP contribution is 2.16. The summed E-state index contributed by atoms with van der Waals surface area (Å²) < 4.78 is 0.707. The third kappa shape index (κ3) is 4.79. The maximum atomic E-state index is 5.75. The van der Waals surface area contributed by atoms with Gasteiger partial charge in [-0.15, -0.1) is 0 Å². The predicted octanol–water partition coefficient (Wildman–Crippen LogP) is 1.51. The first kappa shape index (κ1) is 16.5. The number of hydrogen-bond donors (Lipinski definition) is 2. The first-order chi connectivity index (χ1) is 9.95. The Kier molecular flexibility index (Phi) is 5.78. The number of nitrogens with zero attached hydrogens (tertiary/aromatic N) is 4. The molecule has 0 amide bonds. The molecule has 0 bridgehead atoms. The predicted molar refractivity (Wildman–Crippen MR) is 90.3 cm³/mol. The van der Waals surface area contributed by atoms with Crippen LogP contribution in [0, 0.1) is 5.92 Å². The molecule has 0 aliphatic carbocycles. The van der Waals surface area contributed by atoms with Gasteiger partial charge in [-0.3, -0.25) is 4.90 Å². The third-order valence-corrected chi connectivity index (χ3v) is 4.37. The summed E-state index contributed by atoms with van der Waals surface area (Å²) in [5.74, 6) is 1.63. The molecule has 1 fully saturated rings. The van der Waals surface area contributed by atoms with E-state index in [0.717, 1.165) is 32.7 Å². The average Bonchev–Trinajstić information content (AvgIpc) is 2.39. The van der Waals surface area contributed by atoms with Gasteiger partial charge in [0.25, 0.3) is 0 Å². The van der Waals surface area contributed by atoms with Crippen LogP contribution in [0.15, 0.2) is 10.7 Å². The second-order valence-electron chi connectivity index (χ2n) is 5.97. The molecule has 1 atom stereocenters. The van der Waals surface area contributed by atoms with E-state index in [2.05, 4.69) is 61.9 Å². The Hall–Kier alpha value is -0.920. The Morgan fingerprint density at radius 2 is 1.95 bits per heavy atom. The topological polar surface area (TPSA) is 70.3 Å². The molecule has 1 saturated heterocycles. The molecule has 21 heavy (non-hydrogen) atoms. The first-order valence-electron chi connectivity index (χ1n) is 7.42. The zero-order valence-electron chi connectivity index (χ0n) is 13.0. The van der Waals surface area contributed by atoms with Crippen molar-refractivity contribution in [3.63, 3.8) is 0 Å². The lowest BCUT2D eigenvalue weighted by Gasteiger charge is -2.39. The molecule has 0 spiro atoms. The number of nitrogen functional groups attached to an aromatic ring is 1. The number of rotatable bonds is 5. The second-order valence-corrected chi connectivity index (χ2v) is 6.78. The fourth-order valence-corrected chi connectivity index (χ4v) is 3.05. The Labute approximate surface area is 135 Å². The fourth-order valence-electron chi connectivity index (χ4n) is 2.65. The minimum absolute atomic E-state index is 0.472. The van der Waals surface area contributed by atoms with Crippen LogP contribution in [-0.4, -0.2) is 65.6 Å². The Morgan fingerprint density at radius 1 is 1.29 bits per heavy atom. The molecule has 0 aromatic carbocycles. The molecule has 3 N–H and O–H groups in total. The Balaban J connectivity index is 1.96. The van der Waals surface area contributed by atoms with Gasteiger partial charge in [0.15, 0.2) is 0 Å². The normalized spacial score (nSPS) is 18.9. The van der Waals surface area contributed by atoms with E-state index in [9.17, 15) is 0 Å². The summed E-state index contributed by atoms with van der Waals surface area (Å²) >= 11 is 3.35. The molecule has 6 nitrogen and oxygen atoms in total. The highest BCUT2D eigenvalue weighted by atomic mass is 79.9. The lowest BCUT2D eigenvalue weighted by Crippen LogP contribution is -2.52. The molecular weight excluding hydrogens is 332 g/mol. The smallest absolute Gasteiger partial charge is 0.225 e. The van der Waals surface area contributed by atoms with Crippen molar-refractivity contribution in [3.05, 3.63) is 10.7 Å². The molecule has 118 valence electrons. The van der Waals surface area contributed by atoms with E-state index in [1.54, 1.807) is 6.07 Å². The first-order valence-corrected chi connectivity index (χ1v) is 8.21. The highest BCUT2D eigenvalue weighted by molar-refractivity contribution is 9.10. The summed E-state index contributed by atoms with van der Waals surface area (Å²) in [4.78, 5) is 13.5. The van der Waals surface area contributed by atoms with Gasteiger partial charge in [-0.05, 0) is 28.9 Å². The van der Waals surface area contributed by atoms with Crippen LogP contribution in [0.4, 0.5) is 11.8 Å². The summed E-state index contributed by atoms with van der Waals surface area (Å²) in [5, 5.41) is 3.33. The number of nitrogens with two attached hydrogens (primary N) is 1. The zero-order valence-corrected chi connectivity index (χ0v) is 14.6. The van der Waals surface area contributed by atoms with Gasteiger partial charge in [0.05, 0.1) is 0 Å². The summed E-state index contributed by atoms with van der Waals surface area (Å²) in [6.07, 6.45) is 0. The van der Waals surface area contributed by atoms with Crippen LogP contribution in [0.5, 0.6) is 0 Å². The summed E-state index contributed by atoms with van der Waals surface area (Å²) in [6, 6.07) is 2.17. The Bertz CT molecular complexity index is 439. The van der Waals surface area contributed by atoms with Crippen LogP contribution in [0.3, 0.4) is 0 Å². The molecular formula is C14H25BrN6. The van der Waals surface area contributed by atoms with Crippen LogP contribution in [0.1, 0.15) is 13.8 Å². The maximum Gasteiger partial charge on any atom is 0.225 e. The minimum Gasteiger partial charge on any atom is -0.383 e. The van der Waals surface area contributed by atoms with Crippen molar-refractivity contribution in [2.24, 2.45) is 5.92 Å². The SMILES string of the molecule is CC(C)C(CNc1nc(N)cc(Br)n1)N1CCN(C)CC1.